The monoisotopic (exact) mass is 536 g/mol. The van der Waals surface area contributed by atoms with Gasteiger partial charge >= 0.3 is 0 Å². The summed E-state index contributed by atoms with van der Waals surface area (Å²) in [5.74, 6) is 0. The van der Waals surface area contributed by atoms with Crippen molar-refractivity contribution in [2.24, 2.45) is 0 Å². The Bertz CT molecular complexity index is 2250. The highest BCUT2D eigenvalue weighted by molar-refractivity contribution is 6.09. The van der Waals surface area contributed by atoms with Crippen LogP contribution in [0, 0.1) is 0 Å². The van der Waals surface area contributed by atoms with Gasteiger partial charge in [0.1, 0.15) is 0 Å². The number of hydrogen-bond donors (Lipinski definition) is 2. The van der Waals surface area contributed by atoms with Gasteiger partial charge in [0.25, 0.3) is 0 Å². The fraction of sp³-hybridized carbons (Fsp3) is 0. The highest BCUT2D eigenvalue weighted by Gasteiger charge is 2.16. The van der Waals surface area contributed by atoms with Gasteiger partial charge in [0.15, 0.2) is 0 Å². The third-order valence-electron chi connectivity index (χ3n) is 8.21. The maximum absolute atomic E-state index is 3.89. The molecule has 0 amide bonds. The van der Waals surface area contributed by atoms with Crippen molar-refractivity contribution in [1.82, 2.24) is 0 Å². The lowest BCUT2D eigenvalue weighted by atomic mass is 9.94. The molecule has 0 atom stereocenters. The summed E-state index contributed by atoms with van der Waals surface area (Å²) in [4.78, 5) is 0. The fourth-order valence-corrected chi connectivity index (χ4v) is 6.17. The van der Waals surface area contributed by atoms with Crippen LogP contribution in [0.5, 0.6) is 0 Å². The Hall–Kier alpha value is -5.60. The van der Waals surface area contributed by atoms with E-state index in [0.29, 0.717) is 0 Å². The maximum Gasteiger partial charge on any atom is 0.0703 e. The van der Waals surface area contributed by atoms with Gasteiger partial charge in [-0.2, -0.15) is 0 Å². The van der Waals surface area contributed by atoms with Crippen molar-refractivity contribution in [1.29, 1.82) is 0 Å². The molecule has 0 saturated carbocycles. The van der Waals surface area contributed by atoms with Crippen molar-refractivity contribution in [3.05, 3.63) is 158 Å². The first-order valence-corrected chi connectivity index (χ1v) is 14.4. The fourth-order valence-electron chi connectivity index (χ4n) is 6.17. The van der Waals surface area contributed by atoms with Gasteiger partial charge in [-0.1, -0.05) is 127 Å². The van der Waals surface area contributed by atoms with E-state index in [1.165, 1.54) is 48.7 Å². The van der Waals surface area contributed by atoms with Crippen molar-refractivity contribution >= 4 is 65.8 Å². The van der Waals surface area contributed by atoms with Gasteiger partial charge < -0.3 is 10.6 Å². The third kappa shape index (κ3) is 4.22. The minimum absolute atomic E-state index is 1.02. The Kier molecular flexibility index (Phi) is 5.82. The molecule has 8 rings (SSSR count). The number of nitrogens with one attached hydrogen (secondary N) is 2. The standard InChI is InChI=1S/C40H28N2/c1-2-14-30-26-36-31(25-29(30)13-1)17-7-20-34(36)35-21-10-24-39(41-37-22-8-15-27-11-3-5-18-32(27)37)40(35)42-38-23-9-16-28-12-4-6-19-33(28)38/h1-26,41-42H. The number of benzene rings is 8. The Morgan fingerprint density at radius 2 is 0.762 bits per heavy atom. The van der Waals surface area contributed by atoms with Crippen molar-refractivity contribution in [2.75, 3.05) is 10.6 Å². The van der Waals surface area contributed by atoms with E-state index in [9.17, 15) is 0 Å². The summed E-state index contributed by atoms with van der Waals surface area (Å²) in [5, 5.41) is 17.5. The number of anilines is 4. The average Bonchev–Trinajstić information content (AvgIpc) is 3.04. The number of rotatable bonds is 5. The van der Waals surface area contributed by atoms with Crippen LogP contribution in [0.15, 0.2) is 158 Å². The van der Waals surface area contributed by atoms with E-state index in [1.54, 1.807) is 0 Å². The molecular weight excluding hydrogens is 508 g/mol. The molecule has 0 spiro atoms. The average molecular weight is 537 g/mol. The van der Waals surface area contributed by atoms with E-state index in [4.69, 9.17) is 0 Å². The molecule has 0 saturated heterocycles. The van der Waals surface area contributed by atoms with Gasteiger partial charge in [0, 0.05) is 27.7 Å². The molecule has 0 radical (unpaired) electrons. The first-order valence-electron chi connectivity index (χ1n) is 14.4. The van der Waals surface area contributed by atoms with Crippen LogP contribution in [0.1, 0.15) is 0 Å². The Morgan fingerprint density at radius 1 is 0.286 bits per heavy atom. The summed E-state index contributed by atoms with van der Waals surface area (Å²) in [7, 11) is 0. The maximum atomic E-state index is 3.89. The Balaban J connectivity index is 1.36. The minimum Gasteiger partial charge on any atom is -0.353 e. The van der Waals surface area contributed by atoms with E-state index in [0.717, 1.165) is 28.3 Å². The summed E-state index contributed by atoms with van der Waals surface area (Å²) in [6.45, 7) is 0. The molecule has 8 aromatic rings. The zero-order valence-electron chi connectivity index (χ0n) is 23.0. The van der Waals surface area contributed by atoms with Crippen LogP contribution < -0.4 is 10.6 Å². The van der Waals surface area contributed by atoms with Crippen molar-refractivity contribution < 1.29 is 0 Å². The SMILES string of the molecule is c1cc(Nc2cccc3ccccc23)c(Nc2cccc3ccccc23)c(-c2cccc3cc4ccccc4cc23)c1. The van der Waals surface area contributed by atoms with E-state index < -0.39 is 0 Å². The molecule has 42 heavy (non-hydrogen) atoms. The molecule has 0 fully saturated rings. The van der Waals surface area contributed by atoms with Crippen LogP contribution in [0.2, 0.25) is 0 Å². The second kappa shape index (κ2) is 10.1. The molecule has 198 valence electrons. The smallest absolute Gasteiger partial charge is 0.0703 e. The molecule has 0 heterocycles. The Morgan fingerprint density at radius 3 is 1.48 bits per heavy atom. The number of fused-ring (bicyclic) bond motifs is 4. The van der Waals surface area contributed by atoms with Gasteiger partial charge in [-0.05, 0) is 68.2 Å². The van der Waals surface area contributed by atoms with Crippen LogP contribution in [0.25, 0.3) is 54.2 Å². The lowest BCUT2D eigenvalue weighted by molar-refractivity contribution is 1.52. The first-order chi connectivity index (χ1) is 20.8. The lowest BCUT2D eigenvalue weighted by Gasteiger charge is -2.21. The second-order valence-electron chi connectivity index (χ2n) is 10.8. The molecule has 2 nitrogen and oxygen atoms in total. The van der Waals surface area contributed by atoms with Crippen LogP contribution in [0.4, 0.5) is 22.7 Å². The van der Waals surface area contributed by atoms with Gasteiger partial charge in [-0.25, -0.2) is 0 Å². The van der Waals surface area contributed by atoms with Gasteiger partial charge in [0.2, 0.25) is 0 Å². The Labute approximate surface area is 244 Å². The zero-order valence-corrected chi connectivity index (χ0v) is 23.0. The summed E-state index contributed by atoms with van der Waals surface area (Å²) in [5.41, 5.74) is 6.57. The van der Waals surface area contributed by atoms with Gasteiger partial charge in [0.05, 0.1) is 11.4 Å². The largest absolute Gasteiger partial charge is 0.353 e. The molecule has 2 heteroatoms. The summed E-state index contributed by atoms with van der Waals surface area (Å²) < 4.78 is 0. The number of para-hydroxylation sites is 1. The van der Waals surface area contributed by atoms with Crippen LogP contribution in [-0.4, -0.2) is 0 Å². The highest BCUT2D eigenvalue weighted by Crippen LogP contribution is 2.43. The summed E-state index contributed by atoms with van der Waals surface area (Å²) >= 11 is 0. The zero-order chi connectivity index (χ0) is 27.9. The predicted molar refractivity (Wildman–Crippen MR) is 181 cm³/mol. The molecular formula is C40H28N2. The van der Waals surface area contributed by atoms with Crippen LogP contribution in [-0.2, 0) is 0 Å². The molecule has 0 aromatic heterocycles. The summed E-state index contributed by atoms with van der Waals surface area (Å²) in [6.07, 6.45) is 0. The number of hydrogen-bond acceptors (Lipinski definition) is 2. The normalized spacial score (nSPS) is 11.3. The quantitative estimate of drug-likeness (QED) is 0.214. The van der Waals surface area contributed by atoms with Crippen molar-refractivity contribution in [3.8, 4) is 11.1 Å². The molecule has 0 aliphatic carbocycles. The predicted octanol–water partition coefficient (Wildman–Crippen LogP) is 11.5. The molecule has 0 bridgehead atoms. The van der Waals surface area contributed by atoms with Gasteiger partial charge in [-0.15, -0.1) is 0 Å². The van der Waals surface area contributed by atoms with E-state index in [1.807, 2.05) is 0 Å². The molecule has 8 aromatic carbocycles. The second-order valence-corrected chi connectivity index (χ2v) is 10.8. The molecule has 0 unspecified atom stereocenters. The lowest BCUT2D eigenvalue weighted by Crippen LogP contribution is -2.01. The van der Waals surface area contributed by atoms with Crippen LogP contribution in [0.3, 0.4) is 0 Å². The minimum atomic E-state index is 1.02. The van der Waals surface area contributed by atoms with Crippen molar-refractivity contribution in [2.45, 2.75) is 0 Å². The molecule has 2 N–H and O–H groups in total. The first kappa shape index (κ1) is 24.2. The highest BCUT2D eigenvalue weighted by atomic mass is 15.0. The summed E-state index contributed by atoms with van der Waals surface area (Å²) in [6, 6.07) is 56.3. The van der Waals surface area contributed by atoms with E-state index in [-0.39, 0.29) is 0 Å². The van der Waals surface area contributed by atoms with E-state index >= 15 is 0 Å². The van der Waals surface area contributed by atoms with Crippen LogP contribution >= 0.6 is 0 Å². The topological polar surface area (TPSA) is 24.1 Å². The molecule has 0 aliphatic heterocycles. The molecule has 0 aliphatic rings. The van der Waals surface area contributed by atoms with Gasteiger partial charge in [-0.3, -0.25) is 0 Å². The van der Waals surface area contributed by atoms with E-state index in [2.05, 4.69) is 168 Å². The third-order valence-corrected chi connectivity index (χ3v) is 8.21. The van der Waals surface area contributed by atoms with Crippen molar-refractivity contribution in [3.63, 3.8) is 0 Å².